The Morgan fingerprint density at radius 3 is 2.65 bits per heavy atom. The van der Waals surface area contributed by atoms with Gasteiger partial charge in [0, 0.05) is 16.9 Å². The molecule has 0 aliphatic rings. The summed E-state index contributed by atoms with van der Waals surface area (Å²) in [5.41, 5.74) is 6.29. The van der Waals surface area contributed by atoms with Crippen molar-refractivity contribution < 1.29 is 4.79 Å². The second-order valence-electron chi connectivity index (χ2n) is 5.63. The van der Waals surface area contributed by atoms with Gasteiger partial charge in [-0.1, -0.05) is 41.4 Å². The third kappa shape index (κ3) is 5.34. The molecule has 2 aromatic rings. The van der Waals surface area contributed by atoms with Gasteiger partial charge in [-0.25, -0.2) is 4.98 Å². The highest BCUT2D eigenvalue weighted by Crippen LogP contribution is 2.16. The zero-order valence-corrected chi connectivity index (χ0v) is 15.7. The second-order valence-corrected chi connectivity index (χ2v) is 6.54. The number of amides is 1. The van der Waals surface area contributed by atoms with Crippen LogP contribution in [0.2, 0.25) is 0 Å². The third-order valence-electron chi connectivity index (χ3n) is 3.50. The van der Waals surface area contributed by atoms with Crippen LogP contribution >= 0.6 is 28.3 Å². The number of hydrogen-bond donors (Lipinski definition) is 2. The van der Waals surface area contributed by atoms with E-state index in [4.69, 9.17) is 5.73 Å². The number of nitrogens with two attached hydrogens (primary N) is 1. The Kier molecular flexibility index (Phi) is 7.25. The van der Waals surface area contributed by atoms with Crippen LogP contribution in [0, 0.1) is 0 Å². The van der Waals surface area contributed by atoms with Crippen LogP contribution in [0.25, 0.3) is 0 Å². The first kappa shape index (κ1) is 19.7. The summed E-state index contributed by atoms with van der Waals surface area (Å²) in [6.45, 7) is 4.39. The molecule has 0 spiro atoms. The lowest BCUT2D eigenvalue weighted by Gasteiger charge is -2.22. The molecular weight excluding hydrogens is 380 g/mol. The second kappa shape index (κ2) is 8.47. The van der Waals surface area contributed by atoms with E-state index in [9.17, 15) is 4.79 Å². The quantitative estimate of drug-likeness (QED) is 0.777. The van der Waals surface area contributed by atoms with Crippen LogP contribution < -0.4 is 11.1 Å². The highest BCUT2D eigenvalue weighted by molar-refractivity contribution is 9.10. The average Bonchev–Trinajstić information content (AvgIpc) is 2.88. The minimum atomic E-state index is -0.886. The molecular formula is C16H22BrClN4O. The van der Waals surface area contributed by atoms with Crippen molar-refractivity contribution in [2.75, 3.05) is 5.32 Å². The molecule has 0 radical (unpaired) electrons. The van der Waals surface area contributed by atoms with Gasteiger partial charge in [0.15, 0.2) is 0 Å². The van der Waals surface area contributed by atoms with Crippen molar-refractivity contribution in [2.24, 2.45) is 5.73 Å². The highest BCUT2D eigenvalue weighted by atomic mass is 79.9. The number of nitrogens with zero attached hydrogens (tertiary/aromatic N) is 2. The molecule has 1 unspecified atom stereocenters. The van der Waals surface area contributed by atoms with Gasteiger partial charge in [0.1, 0.15) is 0 Å². The van der Waals surface area contributed by atoms with E-state index in [1.807, 2.05) is 42.0 Å². The van der Waals surface area contributed by atoms with Crippen molar-refractivity contribution in [1.82, 2.24) is 9.55 Å². The van der Waals surface area contributed by atoms with Crippen LogP contribution in [0.5, 0.6) is 0 Å². The summed E-state index contributed by atoms with van der Waals surface area (Å²) in [6.07, 6.45) is 4.99. The molecule has 1 aromatic carbocycles. The molecule has 0 aliphatic heterocycles. The van der Waals surface area contributed by atoms with Gasteiger partial charge in [0.2, 0.25) is 11.9 Å². The van der Waals surface area contributed by atoms with Gasteiger partial charge in [-0.05, 0) is 31.0 Å². The number of halogens is 2. The van der Waals surface area contributed by atoms with Gasteiger partial charge in [-0.15, -0.1) is 12.4 Å². The van der Waals surface area contributed by atoms with E-state index >= 15 is 0 Å². The van der Waals surface area contributed by atoms with Crippen molar-refractivity contribution in [3.8, 4) is 0 Å². The Morgan fingerprint density at radius 1 is 1.39 bits per heavy atom. The zero-order chi connectivity index (χ0) is 16.2. The van der Waals surface area contributed by atoms with Gasteiger partial charge in [-0.2, -0.15) is 0 Å². The number of carbonyl (C=O) groups excluding carboxylic acids is 1. The minimum absolute atomic E-state index is 0. The molecule has 1 aromatic heterocycles. The molecule has 2 rings (SSSR count). The fourth-order valence-electron chi connectivity index (χ4n) is 2.22. The van der Waals surface area contributed by atoms with Crippen LogP contribution in [0.3, 0.4) is 0 Å². The van der Waals surface area contributed by atoms with E-state index in [0.717, 1.165) is 16.5 Å². The van der Waals surface area contributed by atoms with E-state index in [-0.39, 0.29) is 18.3 Å². The lowest BCUT2D eigenvalue weighted by atomic mass is 9.97. The summed E-state index contributed by atoms with van der Waals surface area (Å²) in [5.74, 6) is 0.304. The van der Waals surface area contributed by atoms with E-state index in [1.165, 1.54) is 0 Å². The summed E-state index contributed by atoms with van der Waals surface area (Å²) >= 11 is 3.42. The summed E-state index contributed by atoms with van der Waals surface area (Å²) in [7, 11) is 0. The van der Waals surface area contributed by atoms with Crippen molar-refractivity contribution >= 4 is 40.2 Å². The van der Waals surface area contributed by atoms with Gasteiger partial charge < -0.3 is 10.3 Å². The maximum atomic E-state index is 12.3. The molecule has 0 bridgehead atoms. The molecule has 1 atom stereocenters. The normalized spacial score (nSPS) is 13.0. The maximum absolute atomic E-state index is 12.3. The lowest BCUT2D eigenvalue weighted by Crippen LogP contribution is -2.48. The summed E-state index contributed by atoms with van der Waals surface area (Å²) in [4.78, 5) is 16.5. The Morgan fingerprint density at radius 2 is 2.04 bits per heavy atom. The Hall–Kier alpha value is -1.37. The summed E-state index contributed by atoms with van der Waals surface area (Å²) < 4.78 is 2.93. The molecule has 1 amide bonds. The Labute approximate surface area is 151 Å². The highest BCUT2D eigenvalue weighted by Gasteiger charge is 2.28. The number of anilines is 1. The molecule has 126 valence electrons. The molecule has 23 heavy (non-hydrogen) atoms. The van der Waals surface area contributed by atoms with Gasteiger partial charge in [0.05, 0.1) is 12.1 Å². The van der Waals surface area contributed by atoms with Crippen molar-refractivity contribution in [3.63, 3.8) is 0 Å². The first-order valence-corrected chi connectivity index (χ1v) is 8.07. The van der Waals surface area contributed by atoms with Crippen LogP contribution in [0.4, 0.5) is 5.95 Å². The van der Waals surface area contributed by atoms with Gasteiger partial charge >= 0.3 is 0 Å². The average molecular weight is 402 g/mol. The fourth-order valence-corrected chi connectivity index (χ4v) is 2.49. The van der Waals surface area contributed by atoms with Crippen molar-refractivity contribution in [2.45, 2.75) is 38.8 Å². The molecule has 5 nitrogen and oxygen atoms in total. The Bertz CT molecular complexity index is 640. The topological polar surface area (TPSA) is 72.9 Å². The summed E-state index contributed by atoms with van der Waals surface area (Å²) in [5, 5.41) is 2.83. The van der Waals surface area contributed by atoms with Gasteiger partial charge in [0.25, 0.3) is 0 Å². The van der Waals surface area contributed by atoms with Crippen LogP contribution in [-0.2, 0) is 11.3 Å². The van der Waals surface area contributed by atoms with Crippen LogP contribution in [0.1, 0.15) is 32.3 Å². The Balaban J connectivity index is 0.00000264. The van der Waals surface area contributed by atoms with E-state index in [0.29, 0.717) is 18.9 Å². The number of benzene rings is 1. The number of carbonyl (C=O) groups is 1. The van der Waals surface area contributed by atoms with Crippen molar-refractivity contribution in [3.05, 3.63) is 46.7 Å². The SMILES string of the molecule is CCCC(C)(N)C(=O)Nc1nccn1Cc1ccc(Br)cc1.Cl. The molecule has 0 saturated heterocycles. The zero-order valence-electron chi connectivity index (χ0n) is 13.3. The monoisotopic (exact) mass is 400 g/mol. The van der Waals surface area contributed by atoms with E-state index in [2.05, 4.69) is 26.2 Å². The number of aromatic nitrogens is 2. The molecule has 1 heterocycles. The predicted octanol–water partition coefficient (Wildman–Crippen LogP) is 3.57. The maximum Gasteiger partial charge on any atom is 0.246 e. The largest absolute Gasteiger partial charge is 0.318 e. The fraction of sp³-hybridized carbons (Fsp3) is 0.375. The first-order chi connectivity index (χ1) is 10.4. The smallest absolute Gasteiger partial charge is 0.246 e. The van der Waals surface area contributed by atoms with Crippen LogP contribution in [-0.4, -0.2) is 21.0 Å². The minimum Gasteiger partial charge on any atom is -0.318 e. The van der Waals surface area contributed by atoms with E-state index in [1.54, 1.807) is 13.1 Å². The van der Waals surface area contributed by atoms with E-state index < -0.39 is 5.54 Å². The number of imidazole rings is 1. The molecule has 0 fully saturated rings. The summed E-state index contributed by atoms with van der Waals surface area (Å²) in [6, 6.07) is 8.03. The van der Waals surface area contributed by atoms with Crippen molar-refractivity contribution in [1.29, 1.82) is 0 Å². The molecule has 0 aliphatic carbocycles. The standard InChI is InChI=1S/C16H21BrN4O.ClH/c1-3-8-16(2,18)14(22)20-15-19-9-10-21(15)11-12-4-6-13(17)7-5-12;/h4-7,9-10H,3,8,11,18H2,1-2H3,(H,19,20,22);1H. The van der Waals surface area contributed by atoms with Crippen LogP contribution in [0.15, 0.2) is 41.1 Å². The lowest BCUT2D eigenvalue weighted by molar-refractivity contribution is -0.120. The number of hydrogen-bond acceptors (Lipinski definition) is 3. The predicted molar refractivity (Wildman–Crippen MR) is 98.8 cm³/mol. The molecule has 7 heteroatoms. The number of nitrogens with one attached hydrogen (secondary N) is 1. The number of rotatable bonds is 6. The van der Waals surface area contributed by atoms with Gasteiger partial charge in [-0.3, -0.25) is 10.1 Å². The third-order valence-corrected chi connectivity index (χ3v) is 4.02. The molecule has 3 N–H and O–H groups in total. The molecule has 0 saturated carbocycles. The first-order valence-electron chi connectivity index (χ1n) is 7.28.